The van der Waals surface area contributed by atoms with Crippen molar-refractivity contribution in [3.8, 4) is 0 Å². The summed E-state index contributed by atoms with van der Waals surface area (Å²) < 4.78 is 0. The number of para-hydroxylation sites is 1. The van der Waals surface area contributed by atoms with Crippen molar-refractivity contribution < 1.29 is 4.79 Å². The fraction of sp³-hybridized carbons (Fsp3) is 0.222. The van der Waals surface area contributed by atoms with Crippen LogP contribution in [0.1, 0.15) is 54.6 Å². The monoisotopic (exact) mass is 381 g/mol. The molecule has 0 atom stereocenters. The minimum absolute atomic E-state index is 0.0741. The molecule has 2 nitrogen and oxygen atoms in total. The van der Waals surface area contributed by atoms with Gasteiger partial charge in [0.05, 0.1) is 0 Å². The molecule has 0 unspecified atom stereocenters. The molecule has 1 amide bonds. The largest absolute Gasteiger partial charge is 0.321 e. The molecule has 0 heterocycles. The highest BCUT2D eigenvalue weighted by Gasteiger charge is 2.32. The van der Waals surface area contributed by atoms with Gasteiger partial charge in [-0.15, -0.1) is 0 Å². The van der Waals surface area contributed by atoms with Gasteiger partial charge in [-0.3, -0.25) is 4.79 Å². The molecule has 29 heavy (non-hydrogen) atoms. The second kappa shape index (κ2) is 8.08. The highest BCUT2D eigenvalue weighted by atomic mass is 16.1. The minimum Gasteiger partial charge on any atom is -0.321 e. The first-order chi connectivity index (χ1) is 14.1. The van der Waals surface area contributed by atoms with Gasteiger partial charge in [0.1, 0.15) is 0 Å². The predicted molar refractivity (Wildman–Crippen MR) is 122 cm³/mol. The second-order valence-electron chi connectivity index (χ2n) is 8.32. The summed E-state index contributed by atoms with van der Waals surface area (Å²) in [4.78, 5) is 12.8. The quantitative estimate of drug-likeness (QED) is 0.515. The molecule has 3 aromatic rings. The van der Waals surface area contributed by atoms with Crippen LogP contribution in [0.3, 0.4) is 0 Å². The summed E-state index contributed by atoms with van der Waals surface area (Å²) in [7, 11) is 0. The molecular weight excluding hydrogens is 354 g/mol. The van der Waals surface area contributed by atoms with Gasteiger partial charge < -0.3 is 5.32 Å². The number of rotatable bonds is 4. The van der Waals surface area contributed by atoms with Crippen LogP contribution in [0.15, 0.2) is 84.9 Å². The van der Waals surface area contributed by atoms with Gasteiger partial charge in [-0.2, -0.15) is 0 Å². The zero-order valence-electron chi connectivity index (χ0n) is 17.1. The summed E-state index contributed by atoms with van der Waals surface area (Å²) in [5.41, 5.74) is 6.78. The summed E-state index contributed by atoms with van der Waals surface area (Å²) in [5.74, 6) is -0.0741. The average molecular weight is 382 g/mol. The van der Waals surface area contributed by atoms with Crippen molar-refractivity contribution in [3.05, 3.63) is 102 Å². The second-order valence-corrected chi connectivity index (χ2v) is 8.32. The smallest absolute Gasteiger partial charge is 0.255 e. The van der Waals surface area contributed by atoms with Gasteiger partial charge in [0.15, 0.2) is 0 Å². The number of hydrogen-bond acceptors (Lipinski definition) is 1. The number of anilines is 1. The van der Waals surface area contributed by atoms with Crippen molar-refractivity contribution in [2.24, 2.45) is 5.41 Å². The number of benzene rings is 3. The van der Waals surface area contributed by atoms with E-state index in [-0.39, 0.29) is 11.3 Å². The third-order valence-electron chi connectivity index (χ3n) is 5.81. The van der Waals surface area contributed by atoms with Gasteiger partial charge >= 0.3 is 0 Å². The molecule has 0 fully saturated rings. The summed E-state index contributed by atoms with van der Waals surface area (Å²) in [5, 5.41) is 3.15. The van der Waals surface area contributed by atoms with Crippen LogP contribution in [-0.4, -0.2) is 5.91 Å². The summed E-state index contributed by atoms with van der Waals surface area (Å²) in [6.45, 7) is 4.67. The van der Waals surface area contributed by atoms with E-state index in [2.05, 4.69) is 61.6 Å². The molecule has 0 aromatic heterocycles. The molecule has 146 valence electrons. The van der Waals surface area contributed by atoms with Gasteiger partial charge in [0, 0.05) is 16.8 Å². The van der Waals surface area contributed by atoms with Gasteiger partial charge in [-0.1, -0.05) is 80.6 Å². The molecule has 1 aliphatic rings. The Hall–Kier alpha value is -3.13. The Kier molecular flexibility index (Phi) is 5.35. The fourth-order valence-corrected chi connectivity index (χ4v) is 4.44. The van der Waals surface area contributed by atoms with E-state index in [1.165, 1.54) is 23.1 Å². The van der Waals surface area contributed by atoms with Gasteiger partial charge in [-0.25, -0.2) is 0 Å². The molecule has 0 aliphatic heterocycles. The van der Waals surface area contributed by atoms with Crippen LogP contribution in [0.25, 0.3) is 11.1 Å². The molecule has 1 N–H and O–H groups in total. The molecular formula is C27H27NO. The van der Waals surface area contributed by atoms with E-state index in [0.717, 1.165) is 24.1 Å². The summed E-state index contributed by atoms with van der Waals surface area (Å²) >= 11 is 0. The SMILES string of the molecule is CC1(C)CCCC(c2ccccc2NC(=O)c2ccccc2)=C1c1ccccc1. The minimum atomic E-state index is -0.0741. The molecule has 4 rings (SSSR count). The maximum absolute atomic E-state index is 12.8. The van der Waals surface area contributed by atoms with Crippen molar-refractivity contribution in [1.29, 1.82) is 0 Å². The molecule has 3 aromatic carbocycles. The van der Waals surface area contributed by atoms with E-state index in [9.17, 15) is 4.79 Å². The number of allylic oxidation sites excluding steroid dienone is 2. The third kappa shape index (κ3) is 4.02. The Labute approximate surface area is 173 Å². The lowest BCUT2D eigenvalue weighted by Crippen LogP contribution is -2.20. The van der Waals surface area contributed by atoms with Crippen LogP contribution < -0.4 is 5.32 Å². The van der Waals surface area contributed by atoms with Crippen molar-refractivity contribution in [1.82, 2.24) is 0 Å². The number of amides is 1. The number of carbonyl (C=O) groups is 1. The predicted octanol–water partition coefficient (Wildman–Crippen LogP) is 7.06. The Bertz CT molecular complexity index is 1030. The average Bonchev–Trinajstić information content (AvgIpc) is 2.74. The highest BCUT2D eigenvalue weighted by Crippen LogP contribution is 2.50. The third-order valence-corrected chi connectivity index (χ3v) is 5.81. The lowest BCUT2D eigenvalue weighted by molar-refractivity contribution is 0.102. The molecule has 0 bridgehead atoms. The Morgan fingerprint density at radius 3 is 2.17 bits per heavy atom. The Balaban J connectivity index is 1.81. The Morgan fingerprint density at radius 1 is 0.828 bits per heavy atom. The molecule has 2 heteroatoms. The fourth-order valence-electron chi connectivity index (χ4n) is 4.44. The Morgan fingerprint density at radius 2 is 1.45 bits per heavy atom. The van der Waals surface area contributed by atoms with E-state index in [1.807, 2.05) is 42.5 Å². The van der Waals surface area contributed by atoms with E-state index in [1.54, 1.807) is 0 Å². The van der Waals surface area contributed by atoms with Crippen molar-refractivity contribution >= 4 is 22.7 Å². The van der Waals surface area contributed by atoms with Gasteiger partial charge in [-0.05, 0) is 59.6 Å². The number of nitrogens with one attached hydrogen (secondary N) is 1. The van der Waals surface area contributed by atoms with Crippen LogP contribution in [0, 0.1) is 5.41 Å². The number of hydrogen-bond donors (Lipinski definition) is 1. The van der Waals surface area contributed by atoms with Crippen LogP contribution >= 0.6 is 0 Å². The zero-order valence-corrected chi connectivity index (χ0v) is 17.1. The maximum atomic E-state index is 12.8. The first kappa shape index (κ1) is 19.2. The molecule has 0 spiro atoms. The van der Waals surface area contributed by atoms with Crippen molar-refractivity contribution in [3.63, 3.8) is 0 Å². The maximum Gasteiger partial charge on any atom is 0.255 e. The topological polar surface area (TPSA) is 29.1 Å². The van der Waals surface area contributed by atoms with Crippen molar-refractivity contribution in [2.45, 2.75) is 33.1 Å². The van der Waals surface area contributed by atoms with Crippen LogP contribution in [0.4, 0.5) is 5.69 Å². The lowest BCUT2D eigenvalue weighted by atomic mass is 9.68. The molecule has 0 saturated heterocycles. The molecule has 1 aliphatic carbocycles. The number of carbonyl (C=O) groups excluding carboxylic acids is 1. The van der Waals surface area contributed by atoms with Gasteiger partial charge in [0.2, 0.25) is 0 Å². The first-order valence-corrected chi connectivity index (χ1v) is 10.3. The van der Waals surface area contributed by atoms with Gasteiger partial charge in [0.25, 0.3) is 5.91 Å². The standard InChI is InChI=1S/C27H27NO/c1-27(2)19-11-17-23(25(27)20-12-5-3-6-13-20)22-16-9-10-18-24(22)28-26(29)21-14-7-4-8-15-21/h3-10,12-16,18H,11,17,19H2,1-2H3,(H,28,29). The lowest BCUT2D eigenvalue weighted by Gasteiger charge is -2.36. The summed E-state index contributed by atoms with van der Waals surface area (Å²) in [6, 6.07) is 28.3. The van der Waals surface area contributed by atoms with E-state index in [4.69, 9.17) is 0 Å². The van der Waals surface area contributed by atoms with Crippen LogP contribution in [0.2, 0.25) is 0 Å². The normalized spacial score (nSPS) is 15.8. The first-order valence-electron chi connectivity index (χ1n) is 10.3. The highest BCUT2D eigenvalue weighted by molar-refractivity contribution is 6.07. The van der Waals surface area contributed by atoms with E-state index < -0.39 is 0 Å². The molecule has 0 radical (unpaired) electrons. The van der Waals surface area contributed by atoms with Crippen LogP contribution in [0.5, 0.6) is 0 Å². The van der Waals surface area contributed by atoms with E-state index in [0.29, 0.717) is 5.56 Å². The summed E-state index contributed by atoms with van der Waals surface area (Å²) in [6.07, 6.45) is 3.34. The zero-order chi connectivity index (χ0) is 20.3. The van der Waals surface area contributed by atoms with Crippen LogP contribution in [-0.2, 0) is 0 Å². The van der Waals surface area contributed by atoms with E-state index >= 15 is 0 Å². The molecule has 0 saturated carbocycles. The van der Waals surface area contributed by atoms with Crippen molar-refractivity contribution in [2.75, 3.05) is 5.32 Å².